The van der Waals surface area contributed by atoms with Crippen LogP contribution in [0.1, 0.15) is 271 Å². The van der Waals surface area contributed by atoms with Gasteiger partial charge in [-0.2, -0.15) is 0 Å². The monoisotopic (exact) mass is 1190 g/mol. The lowest BCUT2D eigenvalue weighted by atomic mass is 10.0. The molecule has 10 heteroatoms. The van der Waals surface area contributed by atoms with Crippen molar-refractivity contribution in [1.29, 1.82) is 0 Å². The van der Waals surface area contributed by atoms with Crippen LogP contribution in [-0.4, -0.2) is 74.9 Å². The van der Waals surface area contributed by atoms with Gasteiger partial charge in [0.25, 0.3) is 0 Å². The summed E-state index contributed by atoms with van der Waals surface area (Å²) in [4.78, 5) is 35.9. The summed E-state index contributed by atoms with van der Waals surface area (Å²) in [5.41, 5.74) is 0. The van der Waals surface area contributed by atoms with Crippen molar-refractivity contribution in [2.75, 3.05) is 47.5 Å². The summed E-state index contributed by atoms with van der Waals surface area (Å²) >= 11 is 0. The van der Waals surface area contributed by atoms with Crippen LogP contribution in [0.15, 0.2) is 134 Å². The van der Waals surface area contributed by atoms with E-state index in [-0.39, 0.29) is 32.0 Å². The molecule has 0 aliphatic carbocycles. The fraction of sp³-hybridized carbons (Fsp3) is 0.676. The molecular formula is C74H127NO8P+. The fourth-order valence-corrected chi connectivity index (χ4v) is 9.72. The van der Waals surface area contributed by atoms with E-state index in [0.29, 0.717) is 17.4 Å². The highest BCUT2D eigenvalue weighted by Crippen LogP contribution is 2.43. The number of carbonyl (C=O) groups excluding carboxylic acids is 2. The van der Waals surface area contributed by atoms with Crippen molar-refractivity contribution in [1.82, 2.24) is 0 Å². The fourth-order valence-electron chi connectivity index (χ4n) is 8.98. The molecule has 0 aliphatic heterocycles. The van der Waals surface area contributed by atoms with Crippen LogP contribution in [0.2, 0.25) is 0 Å². The Kier molecular flexibility index (Phi) is 60.7. The number of esters is 2. The highest BCUT2D eigenvalue weighted by molar-refractivity contribution is 7.47. The van der Waals surface area contributed by atoms with Gasteiger partial charge in [-0.05, 0) is 116 Å². The van der Waals surface area contributed by atoms with Crippen molar-refractivity contribution >= 4 is 19.8 Å². The Hall–Kier alpha value is -3.85. The summed E-state index contributed by atoms with van der Waals surface area (Å²) in [7, 11) is 1.46. The van der Waals surface area contributed by atoms with Crippen molar-refractivity contribution in [3.8, 4) is 0 Å². The van der Waals surface area contributed by atoms with Crippen LogP contribution in [0.5, 0.6) is 0 Å². The zero-order valence-corrected chi connectivity index (χ0v) is 55.5. The Morgan fingerprint density at radius 3 is 1.01 bits per heavy atom. The second-order valence-electron chi connectivity index (χ2n) is 23.5. The molecule has 0 aliphatic rings. The summed E-state index contributed by atoms with van der Waals surface area (Å²) < 4.78 is 34.7. The number of ether oxygens (including phenoxy) is 2. The number of nitrogens with zero attached hydrogens (tertiary/aromatic N) is 1. The second kappa shape index (κ2) is 63.6. The normalized spacial score (nSPS) is 14.0. The Labute approximate surface area is 517 Å². The van der Waals surface area contributed by atoms with Crippen molar-refractivity contribution in [2.24, 2.45) is 0 Å². The third-order valence-electron chi connectivity index (χ3n) is 14.2. The molecule has 0 aromatic heterocycles. The molecule has 0 saturated carbocycles. The van der Waals surface area contributed by atoms with Crippen LogP contribution >= 0.6 is 7.82 Å². The van der Waals surface area contributed by atoms with Gasteiger partial charge in [-0.1, -0.05) is 276 Å². The van der Waals surface area contributed by atoms with Gasteiger partial charge in [0.2, 0.25) is 0 Å². The van der Waals surface area contributed by atoms with Crippen LogP contribution in [-0.2, 0) is 32.7 Å². The van der Waals surface area contributed by atoms with Crippen LogP contribution in [0.3, 0.4) is 0 Å². The second-order valence-corrected chi connectivity index (χ2v) is 24.9. The van der Waals surface area contributed by atoms with Gasteiger partial charge in [-0.15, -0.1) is 0 Å². The molecular weight excluding hydrogens is 1060 g/mol. The summed E-state index contributed by atoms with van der Waals surface area (Å²) in [6, 6.07) is 0. The maximum absolute atomic E-state index is 12.9. The topological polar surface area (TPSA) is 108 Å². The van der Waals surface area contributed by atoms with Crippen LogP contribution in [0.4, 0.5) is 0 Å². The number of carbonyl (C=O) groups is 2. The van der Waals surface area contributed by atoms with Crippen LogP contribution in [0.25, 0.3) is 0 Å². The highest BCUT2D eigenvalue weighted by Gasteiger charge is 2.27. The summed E-state index contributed by atoms with van der Waals surface area (Å²) in [5, 5.41) is 0. The van der Waals surface area contributed by atoms with E-state index < -0.39 is 26.5 Å². The standard InChI is InChI=1S/C74H126NO8P/c1-6-8-10-12-14-16-18-20-22-24-26-28-30-32-34-35-36-37-38-39-41-43-45-47-49-51-53-55-57-59-61-63-65-67-74(77)83-72(71-82-84(78,79)81-69-68-75(3,4)5)70-80-73(76)66-64-62-60-58-56-54-52-50-48-46-44-42-40-33-31-29-27-25-23-21-19-17-15-13-11-9-7-2/h8,10,14,16,19-22,25-28,31-34,36-37,39,41,45,47,72H,6-7,9,11-13,15,17-18,23-24,29-30,35,38,40,42-44,46,48-71H2,1-5H3/p+1/b10-8-,16-14-,21-19-,22-20-,27-25-,28-26-,33-31-,34-32-,37-36-,41-39-,47-45-. The molecule has 480 valence electrons. The maximum Gasteiger partial charge on any atom is 0.472 e. The Morgan fingerprint density at radius 2 is 0.679 bits per heavy atom. The van der Waals surface area contributed by atoms with E-state index in [9.17, 15) is 19.0 Å². The molecule has 1 N–H and O–H groups in total. The number of phosphoric acid groups is 1. The first kappa shape index (κ1) is 80.2. The molecule has 0 aromatic carbocycles. The first-order valence-electron chi connectivity index (χ1n) is 33.9. The van der Waals surface area contributed by atoms with E-state index in [1.54, 1.807) is 0 Å². The van der Waals surface area contributed by atoms with Gasteiger partial charge in [-0.3, -0.25) is 18.6 Å². The maximum atomic E-state index is 12.9. The third-order valence-corrected chi connectivity index (χ3v) is 15.1. The van der Waals surface area contributed by atoms with Crippen LogP contribution < -0.4 is 0 Å². The van der Waals surface area contributed by atoms with Crippen molar-refractivity contribution in [2.45, 2.75) is 277 Å². The van der Waals surface area contributed by atoms with Gasteiger partial charge in [0.15, 0.2) is 6.10 Å². The number of likely N-dealkylation sites (N-methyl/N-ethyl adjacent to an activating group) is 1. The molecule has 0 spiro atoms. The van der Waals surface area contributed by atoms with E-state index >= 15 is 0 Å². The lowest BCUT2D eigenvalue weighted by molar-refractivity contribution is -0.870. The number of hydrogen-bond acceptors (Lipinski definition) is 7. The van der Waals surface area contributed by atoms with E-state index in [1.807, 2.05) is 21.1 Å². The Morgan fingerprint density at radius 1 is 0.381 bits per heavy atom. The molecule has 0 amide bonds. The number of rotatable bonds is 61. The van der Waals surface area contributed by atoms with Gasteiger partial charge >= 0.3 is 19.8 Å². The molecule has 0 fully saturated rings. The van der Waals surface area contributed by atoms with E-state index in [1.165, 1.54) is 128 Å². The molecule has 0 radical (unpaired) electrons. The predicted octanol–water partition coefficient (Wildman–Crippen LogP) is 22.0. The van der Waals surface area contributed by atoms with Gasteiger partial charge in [-0.25, -0.2) is 4.57 Å². The highest BCUT2D eigenvalue weighted by atomic mass is 31.2. The molecule has 0 rings (SSSR count). The summed E-state index contributed by atoms with van der Waals surface area (Å²) in [6.45, 7) is 4.30. The first-order chi connectivity index (χ1) is 41.0. The van der Waals surface area contributed by atoms with Gasteiger partial charge in [0, 0.05) is 12.8 Å². The molecule has 0 saturated heterocycles. The van der Waals surface area contributed by atoms with Crippen LogP contribution in [0, 0.1) is 0 Å². The third kappa shape index (κ3) is 67.3. The number of unbranched alkanes of at least 4 members (excludes halogenated alkanes) is 25. The van der Waals surface area contributed by atoms with Crippen molar-refractivity contribution < 1.29 is 42.1 Å². The zero-order chi connectivity index (χ0) is 61.2. The van der Waals surface area contributed by atoms with Gasteiger partial charge < -0.3 is 18.9 Å². The molecule has 0 aromatic rings. The molecule has 9 nitrogen and oxygen atoms in total. The van der Waals surface area contributed by atoms with E-state index in [2.05, 4.69) is 148 Å². The Bertz CT molecular complexity index is 1880. The van der Waals surface area contributed by atoms with Crippen molar-refractivity contribution in [3.05, 3.63) is 134 Å². The molecule has 2 unspecified atom stereocenters. The quantitative estimate of drug-likeness (QED) is 0.0211. The van der Waals surface area contributed by atoms with Gasteiger partial charge in [0.1, 0.15) is 19.8 Å². The molecule has 84 heavy (non-hydrogen) atoms. The number of allylic oxidation sites excluding steroid dienone is 22. The lowest BCUT2D eigenvalue weighted by Crippen LogP contribution is -2.37. The minimum Gasteiger partial charge on any atom is -0.462 e. The first-order valence-corrected chi connectivity index (χ1v) is 35.4. The summed E-state index contributed by atoms with van der Waals surface area (Å²) in [6.07, 6.45) is 92.5. The number of quaternary nitrogens is 1. The average molecular weight is 1190 g/mol. The van der Waals surface area contributed by atoms with E-state index in [0.717, 1.165) is 109 Å². The minimum absolute atomic E-state index is 0.0232. The van der Waals surface area contributed by atoms with Crippen molar-refractivity contribution in [3.63, 3.8) is 0 Å². The SMILES string of the molecule is CC/C=C\C/C=C\C/C=C\C/C=C\C/C=C\C/C=C\C/C=C\C/C=C\CCCCCCCCCCC(=O)OC(COC(=O)CCCCCCCCCCCCCC/C=C\C/C=C\C/C=C\CCCCCCC)COP(=O)(O)OCC[N+](C)(C)C. The zero-order valence-electron chi connectivity index (χ0n) is 54.6. The van der Waals surface area contributed by atoms with E-state index in [4.69, 9.17) is 18.5 Å². The Balaban J connectivity index is 4.15. The largest absolute Gasteiger partial charge is 0.472 e. The smallest absolute Gasteiger partial charge is 0.462 e. The number of phosphoric ester groups is 1. The molecule has 0 bridgehead atoms. The molecule has 0 heterocycles. The predicted molar refractivity (Wildman–Crippen MR) is 362 cm³/mol. The minimum atomic E-state index is -4.40. The molecule has 2 atom stereocenters. The number of hydrogen-bond donors (Lipinski definition) is 1. The van der Waals surface area contributed by atoms with Gasteiger partial charge in [0.05, 0.1) is 27.7 Å². The lowest BCUT2D eigenvalue weighted by Gasteiger charge is -2.24. The summed E-state index contributed by atoms with van der Waals surface area (Å²) in [5.74, 6) is -0.812. The average Bonchev–Trinajstić information content (AvgIpc) is 3.61.